The fourth-order valence-corrected chi connectivity index (χ4v) is 3.54. The smallest absolute Gasteiger partial charge is 0.234 e. The number of hydrogen-bond acceptors (Lipinski definition) is 4. The van der Waals surface area contributed by atoms with Crippen molar-refractivity contribution in [2.45, 2.75) is 51.0 Å². The van der Waals surface area contributed by atoms with Crippen molar-refractivity contribution in [2.24, 2.45) is 5.73 Å². The van der Waals surface area contributed by atoms with Crippen LogP contribution in [0.1, 0.15) is 44.1 Å². The first-order valence-electron chi connectivity index (χ1n) is 7.37. The van der Waals surface area contributed by atoms with Gasteiger partial charge in [-0.1, -0.05) is 33.9 Å². The highest BCUT2D eigenvalue weighted by Crippen LogP contribution is 2.38. The minimum absolute atomic E-state index is 0.0885. The van der Waals surface area contributed by atoms with Crippen LogP contribution in [0.4, 0.5) is 0 Å². The zero-order valence-electron chi connectivity index (χ0n) is 12.4. The van der Waals surface area contributed by atoms with Crippen LogP contribution in [-0.4, -0.2) is 16.2 Å². The van der Waals surface area contributed by atoms with Crippen molar-refractivity contribution in [2.75, 3.05) is 0 Å². The van der Waals surface area contributed by atoms with Crippen LogP contribution in [0.3, 0.4) is 0 Å². The Kier molecular flexibility index (Phi) is 3.88. The number of rotatable bonds is 2. The van der Waals surface area contributed by atoms with Gasteiger partial charge in [-0.15, -0.1) is 0 Å². The van der Waals surface area contributed by atoms with Gasteiger partial charge in [-0.2, -0.15) is 4.98 Å². The summed E-state index contributed by atoms with van der Waals surface area (Å²) < 4.78 is 6.61. The van der Waals surface area contributed by atoms with E-state index < -0.39 is 0 Å². The summed E-state index contributed by atoms with van der Waals surface area (Å²) >= 11 is 3.47. The monoisotopic (exact) mass is 349 g/mol. The Morgan fingerprint density at radius 3 is 2.90 bits per heavy atom. The molecule has 1 aliphatic rings. The average molecular weight is 350 g/mol. The van der Waals surface area contributed by atoms with Crippen LogP contribution in [0, 0.1) is 6.92 Å². The van der Waals surface area contributed by atoms with E-state index >= 15 is 0 Å². The maximum Gasteiger partial charge on any atom is 0.234 e. The maximum absolute atomic E-state index is 6.31. The van der Waals surface area contributed by atoms with Gasteiger partial charge in [-0.25, -0.2) is 0 Å². The van der Waals surface area contributed by atoms with Gasteiger partial charge in [0.2, 0.25) is 11.7 Å². The van der Waals surface area contributed by atoms with Crippen molar-refractivity contribution in [3.63, 3.8) is 0 Å². The average Bonchev–Trinajstić information content (AvgIpc) is 2.92. The van der Waals surface area contributed by atoms with E-state index in [-0.39, 0.29) is 11.5 Å². The van der Waals surface area contributed by atoms with E-state index in [9.17, 15) is 0 Å². The molecule has 1 heterocycles. The Labute approximate surface area is 133 Å². The first-order valence-corrected chi connectivity index (χ1v) is 8.16. The van der Waals surface area contributed by atoms with E-state index in [1.807, 2.05) is 19.1 Å². The molecular formula is C16H20BrN3O. The van der Waals surface area contributed by atoms with Gasteiger partial charge < -0.3 is 10.3 Å². The summed E-state index contributed by atoms with van der Waals surface area (Å²) in [6.07, 6.45) is 4.38. The third-order valence-corrected chi connectivity index (χ3v) is 5.12. The molecule has 0 aliphatic heterocycles. The summed E-state index contributed by atoms with van der Waals surface area (Å²) in [5, 5.41) is 4.17. The molecule has 0 radical (unpaired) electrons. The third-order valence-electron chi connectivity index (χ3n) is 4.62. The molecule has 1 aromatic heterocycles. The Balaban J connectivity index is 1.96. The zero-order chi connectivity index (χ0) is 15.0. The van der Waals surface area contributed by atoms with Crippen LogP contribution in [0.15, 0.2) is 27.2 Å². The highest BCUT2D eigenvalue weighted by atomic mass is 79.9. The second-order valence-corrected chi connectivity index (χ2v) is 7.07. The van der Waals surface area contributed by atoms with E-state index in [1.54, 1.807) is 0 Å². The van der Waals surface area contributed by atoms with Gasteiger partial charge in [-0.3, -0.25) is 0 Å². The lowest BCUT2D eigenvalue weighted by Crippen LogP contribution is -2.45. The number of aryl methyl sites for hydroxylation is 1. The summed E-state index contributed by atoms with van der Waals surface area (Å²) in [6, 6.07) is 6.15. The number of benzene rings is 1. The molecule has 0 spiro atoms. The first kappa shape index (κ1) is 14.7. The minimum atomic E-state index is -0.202. The molecule has 5 heteroatoms. The van der Waals surface area contributed by atoms with Gasteiger partial charge in [-0.05, 0) is 50.5 Å². The largest absolute Gasteiger partial charge is 0.338 e. The maximum atomic E-state index is 6.31. The molecule has 2 aromatic rings. The van der Waals surface area contributed by atoms with Gasteiger partial charge >= 0.3 is 0 Å². The Morgan fingerprint density at radius 2 is 2.19 bits per heavy atom. The number of nitrogens with zero attached hydrogens (tertiary/aromatic N) is 2. The summed E-state index contributed by atoms with van der Waals surface area (Å²) in [5.74, 6) is 1.32. The Hall–Kier alpha value is -1.20. The predicted octanol–water partition coefficient (Wildman–Crippen LogP) is 3.97. The van der Waals surface area contributed by atoms with E-state index in [4.69, 9.17) is 10.3 Å². The van der Waals surface area contributed by atoms with Crippen molar-refractivity contribution >= 4 is 15.9 Å². The summed E-state index contributed by atoms with van der Waals surface area (Å²) in [7, 11) is 0. The number of aromatic nitrogens is 2. The van der Waals surface area contributed by atoms with Crippen LogP contribution >= 0.6 is 15.9 Å². The molecular weight excluding hydrogens is 330 g/mol. The molecule has 21 heavy (non-hydrogen) atoms. The lowest BCUT2D eigenvalue weighted by molar-refractivity contribution is 0.203. The number of hydrogen-bond donors (Lipinski definition) is 1. The standard InChI is InChI=1S/C16H20BrN3O/c1-10-9-11(17)6-7-12(10)14-19-15(21-20-14)16(2)8-4-3-5-13(16)18/h6-7,9,13H,3-5,8,18H2,1-2H3. The second kappa shape index (κ2) is 5.54. The minimum Gasteiger partial charge on any atom is -0.338 e. The van der Waals surface area contributed by atoms with Crippen molar-refractivity contribution in [3.05, 3.63) is 34.1 Å². The Bertz CT molecular complexity index is 655. The van der Waals surface area contributed by atoms with Gasteiger partial charge in [0.15, 0.2) is 0 Å². The first-order chi connectivity index (χ1) is 10.0. The molecule has 112 valence electrons. The normalized spacial score (nSPS) is 26.0. The molecule has 1 aromatic carbocycles. The molecule has 0 amide bonds. The molecule has 0 bridgehead atoms. The number of nitrogens with two attached hydrogens (primary N) is 1. The van der Waals surface area contributed by atoms with E-state index in [1.165, 1.54) is 12.8 Å². The van der Waals surface area contributed by atoms with Crippen LogP contribution < -0.4 is 5.73 Å². The highest BCUT2D eigenvalue weighted by Gasteiger charge is 2.40. The second-order valence-electron chi connectivity index (χ2n) is 6.15. The molecule has 1 saturated carbocycles. The van der Waals surface area contributed by atoms with Gasteiger partial charge in [0, 0.05) is 16.1 Å². The molecule has 2 atom stereocenters. The summed E-state index contributed by atoms with van der Waals surface area (Å²) in [4.78, 5) is 4.64. The van der Waals surface area contributed by atoms with Gasteiger partial charge in [0.05, 0.1) is 5.41 Å². The lowest BCUT2D eigenvalue weighted by Gasteiger charge is -2.35. The van der Waals surface area contributed by atoms with E-state index in [2.05, 4.69) is 39.1 Å². The summed E-state index contributed by atoms with van der Waals surface area (Å²) in [6.45, 7) is 4.19. The molecule has 0 saturated heterocycles. The van der Waals surface area contributed by atoms with Crippen LogP contribution in [0.25, 0.3) is 11.4 Å². The quantitative estimate of drug-likeness (QED) is 0.890. The summed E-state index contributed by atoms with van der Waals surface area (Å²) in [5.41, 5.74) is 8.23. The zero-order valence-corrected chi connectivity index (χ0v) is 14.0. The predicted molar refractivity (Wildman–Crippen MR) is 86.0 cm³/mol. The lowest BCUT2D eigenvalue weighted by atomic mass is 9.72. The molecule has 2 unspecified atom stereocenters. The van der Waals surface area contributed by atoms with Crippen LogP contribution in [0.5, 0.6) is 0 Å². The highest BCUT2D eigenvalue weighted by molar-refractivity contribution is 9.10. The fraction of sp³-hybridized carbons (Fsp3) is 0.500. The van der Waals surface area contributed by atoms with Crippen molar-refractivity contribution < 1.29 is 4.52 Å². The van der Waals surface area contributed by atoms with E-state index in [0.717, 1.165) is 28.4 Å². The van der Waals surface area contributed by atoms with Gasteiger partial charge in [0.25, 0.3) is 0 Å². The van der Waals surface area contributed by atoms with Crippen molar-refractivity contribution in [1.29, 1.82) is 0 Å². The van der Waals surface area contributed by atoms with Crippen molar-refractivity contribution in [1.82, 2.24) is 10.1 Å². The Morgan fingerprint density at radius 1 is 1.38 bits per heavy atom. The number of halogens is 1. The van der Waals surface area contributed by atoms with E-state index in [0.29, 0.717) is 11.7 Å². The molecule has 1 aliphatic carbocycles. The van der Waals surface area contributed by atoms with Gasteiger partial charge in [0.1, 0.15) is 0 Å². The van der Waals surface area contributed by atoms with Crippen molar-refractivity contribution in [3.8, 4) is 11.4 Å². The SMILES string of the molecule is Cc1cc(Br)ccc1-c1noc(C2(C)CCCCC2N)n1. The topological polar surface area (TPSA) is 64.9 Å². The van der Waals surface area contributed by atoms with Crippen LogP contribution in [-0.2, 0) is 5.41 Å². The third kappa shape index (κ3) is 2.64. The molecule has 1 fully saturated rings. The molecule has 4 nitrogen and oxygen atoms in total. The molecule has 3 rings (SSSR count). The fourth-order valence-electron chi connectivity index (χ4n) is 3.07. The molecule has 2 N–H and O–H groups in total. The van der Waals surface area contributed by atoms with Crippen LogP contribution in [0.2, 0.25) is 0 Å².